The molecule has 0 aromatic rings. The second-order valence-electron chi connectivity index (χ2n) is 8.08. The van der Waals surface area contributed by atoms with Crippen molar-refractivity contribution in [2.45, 2.75) is 70.5 Å². The Morgan fingerprint density at radius 3 is 2.52 bits per heavy atom. The molecule has 1 heterocycles. The zero-order valence-corrected chi connectivity index (χ0v) is 20.8. The maximum absolute atomic E-state index is 11.9. The molecule has 1 amide bonds. The lowest BCUT2D eigenvalue weighted by Gasteiger charge is -2.25. The van der Waals surface area contributed by atoms with Crippen molar-refractivity contribution in [2.75, 3.05) is 46.9 Å². The van der Waals surface area contributed by atoms with E-state index in [2.05, 4.69) is 22.5 Å². The third-order valence-corrected chi connectivity index (χ3v) is 5.67. The summed E-state index contributed by atoms with van der Waals surface area (Å²) in [7, 11) is 3.51. The Bertz CT molecular complexity index is 479. The molecule has 1 saturated heterocycles. The van der Waals surface area contributed by atoms with Crippen molar-refractivity contribution in [1.82, 2.24) is 15.5 Å². The van der Waals surface area contributed by atoms with Crippen molar-refractivity contribution in [3.63, 3.8) is 0 Å². The van der Waals surface area contributed by atoms with Gasteiger partial charge in [0, 0.05) is 40.4 Å². The number of likely N-dealkylation sites (N-methyl/N-ethyl adjacent to an activating group) is 1. The lowest BCUT2D eigenvalue weighted by Crippen LogP contribution is -2.44. The monoisotopic (exact) mass is 524 g/mol. The van der Waals surface area contributed by atoms with E-state index in [1.165, 1.54) is 32.1 Å². The highest BCUT2D eigenvalue weighted by atomic mass is 127. The van der Waals surface area contributed by atoms with Crippen LogP contribution in [0.5, 0.6) is 0 Å². The minimum absolute atomic E-state index is 0. The van der Waals surface area contributed by atoms with Gasteiger partial charge >= 0.3 is 0 Å². The second kappa shape index (κ2) is 15.2. The standard InChI is InChI=1S/C21H40N4O3.HI/c1-4-27-19(17-9-5-6-10-17)12-13-22-21(24-16-20(26)25(2)3)23-15-18-11-7-8-14-28-18;/h17-19H,4-16H2,1-3H3,(H2,22,23,24);1H. The van der Waals surface area contributed by atoms with Crippen LogP contribution in [-0.2, 0) is 14.3 Å². The number of guanidine groups is 1. The summed E-state index contributed by atoms with van der Waals surface area (Å²) in [5.41, 5.74) is 0. The summed E-state index contributed by atoms with van der Waals surface area (Å²) in [6, 6.07) is 0. The molecular weight excluding hydrogens is 483 g/mol. The second-order valence-corrected chi connectivity index (χ2v) is 8.08. The van der Waals surface area contributed by atoms with Gasteiger partial charge in [0.15, 0.2) is 5.96 Å². The number of carbonyl (C=O) groups is 1. The third-order valence-electron chi connectivity index (χ3n) is 5.67. The topological polar surface area (TPSA) is 75.2 Å². The van der Waals surface area contributed by atoms with Gasteiger partial charge in [0.05, 0.1) is 12.2 Å². The van der Waals surface area contributed by atoms with Crippen LogP contribution in [0.3, 0.4) is 0 Å². The van der Waals surface area contributed by atoms with Gasteiger partial charge in [-0.3, -0.25) is 4.79 Å². The van der Waals surface area contributed by atoms with E-state index in [1.54, 1.807) is 19.0 Å². The van der Waals surface area contributed by atoms with Crippen LogP contribution in [0.2, 0.25) is 0 Å². The molecule has 2 unspecified atom stereocenters. The van der Waals surface area contributed by atoms with Crippen molar-refractivity contribution >= 4 is 35.8 Å². The van der Waals surface area contributed by atoms with E-state index in [0.717, 1.165) is 45.6 Å². The predicted octanol–water partition coefficient (Wildman–Crippen LogP) is 2.78. The summed E-state index contributed by atoms with van der Waals surface area (Å²) in [4.78, 5) is 18.0. The molecule has 0 bridgehead atoms. The number of aliphatic imine (C=N–C) groups is 1. The molecule has 2 aliphatic rings. The van der Waals surface area contributed by atoms with Crippen LogP contribution in [0, 0.1) is 5.92 Å². The Hall–Kier alpha value is -0.610. The van der Waals surface area contributed by atoms with Gasteiger partial charge in [-0.2, -0.15) is 0 Å². The Labute approximate surface area is 193 Å². The van der Waals surface area contributed by atoms with E-state index in [1.807, 2.05) is 0 Å². The van der Waals surface area contributed by atoms with Crippen molar-refractivity contribution in [2.24, 2.45) is 10.9 Å². The van der Waals surface area contributed by atoms with Gasteiger partial charge in [0.1, 0.15) is 6.54 Å². The molecule has 1 saturated carbocycles. The average Bonchev–Trinajstić information content (AvgIpc) is 3.24. The van der Waals surface area contributed by atoms with Crippen molar-refractivity contribution in [3.8, 4) is 0 Å². The summed E-state index contributed by atoms with van der Waals surface area (Å²) in [5.74, 6) is 1.36. The lowest BCUT2D eigenvalue weighted by atomic mass is 9.98. The van der Waals surface area contributed by atoms with Crippen LogP contribution in [0.15, 0.2) is 4.99 Å². The van der Waals surface area contributed by atoms with Crippen LogP contribution in [0.25, 0.3) is 0 Å². The molecule has 0 aromatic carbocycles. The number of halogens is 1. The zero-order valence-electron chi connectivity index (χ0n) is 18.5. The van der Waals surface area contributed by atoms with Gasteiger partial charge in [-0.15, -0.1) is 24.0 Å². The van der Waals surface area contributed by atoms with Gasteiger partial charge in [-0.05, 0) is 51.4 Å². The van der Waals surface area contributed by atoms with E-state index in [-0.39, 0.29) is 42.5 Å². The van der Waals surface area contributed by atoms with Crippen LogP contribution in [0.1, 0.15) is 58.3 Å². The van der Waals surface area contributed by atoms with Crippen LogP contribution < -0.4 is 10.6 Å². The number of amides is 1. The quantitative estimate of drug-likeness (QED) is 0.261. The highest BCUT2D eigenvalue weighted by molar-refractivity contribution is 14.0. The zero-order chi connectivity index (χ0) is 20.2. The molecule has 29 heavy (non-hydrogen) atoms. The summed E-state index contributed by atoms with van der Waals surface area (Å²) >= 11 is 0. The summed E-state index contributed by atoms with van der Waals surface area (Å²) in [5, 5.41) is 6.76. The number of rotatable bonds is 10. The van der Waals surface area contributed by atoms with Crippen molar-refractivity contribution in [1.29, 1.82) is 0 Å². The maximum atomic E-state index is 11.9. The van der Waals surface area contributed by atoms with Crippen molar-refractivity contribution < 1.29 is 14.3 Å². The Balaban J connectivity index is 0.00000420. The average molecular weight is 524 g/mol. The summed E-state index contributed by atoms with van der Waals surface area (Å²) in [6.45, 7) is 5.32. The predicted molar refractivity (Wildman–Crippen MR) is 128 cm³/mol. The highest BCUT2D eigenvalue weighted by Crippen LogP contribution is 2.30. The Morgan fingerprint density at radius 1 is 1.17 bits per heavy atom. The van der Waals surface area contributed by atoms with Gasteiger partial charge in [0.2, 0.25) is 5.91 Å². The smallest absolute Gasteiger partial charge is 0.243 e. The fourth-order valence-corrected chi connectivity index (χ4v) is 3.97. The molecule has 1 aliphatic carbocycles. The highest BCUT2D eigenvalue weighted by Gasteiger charge is 2.25. The molecule has 2 fully saturated rings. The fraction of sp³-hybridized carbons (Fsp3) is 0.905. The van der Waals surface area contributed by atoms with E-state index in [0.29, 0.717) is 18.0 Å². The lowest BCUT2D eigenvalue weighted by molar-refractivity contribution is -0.127. The van der Waals surface area contributed by atoms with Crippen LogP contribution >= 0.6 is 24.0 Å². The molecule has 2 rings (SSSR count). The number of carbonyl (C=O) groups excluding carboxylic acids is 1. The van der Waals surface area contributed by atoms with Crippen molar-refractivity contribution in [3.05, 3.63) is 0 Å². The van der Waals surface area contributed by atoms with Gasteiger partial charge < -0.3 is 25.0 Å². The Morgan fingerprint density at radius 2 is 1.90 bits per heavy atom. The summed E-state index contributed by atoms with van der Waals surface area (Å²) in [6.07, 6.45) is 10.1. The first-order chi connectivity index (χ1) is 13.6. The van der Waals surface area contributed by atoms with Gasteiger partial charge in [-0.25, -0.2) is 4.99 Å². The minimum Gasteiger partial charge on any atom is -0.378 e. The largest absolute Gasteiger partial charge is 0.378 e. The van der Waals surface area contributed by atoms with E-state index >= 15 is 0 Å². The molecule has 2 N–H and O–H groups in total. The molecule has 1 aliphatic heterocycles. The molecule has 2 atom stereocenters. The summed E-state index contributed by atoms with van der Waals surface area (Å²) < 4.78 is 11.8. The number of hydrogen-bond acceptors (Lipinski definition) is 4. The Kier molecular flexibility index (Phi) is 13.9. The number of nitrogens with one attached hydrogen (secondary N) is 2. The maximum Gasteiger partial charge on any atom is 0.243 e. The molecule has 0 aromatic heterocycles. The van der Waals surface area contributed by atoms with Gasteiger partial charge in [-0.1, -0.05) is 12.8 Å². The molecule has 8 heteroatoms. The van der Waals surface area contributed by atoms with E-state index in [9.17, 15) is 4.79 Å². The number of nitrogens with zero attached hydrogens (tertiary/aromatic N) is 2. The number of ether oxygens (including phenoxy) is 2. The van der Waals surface area contributed by atoms with Crippen LogP contribution in [0.4, 0.5) is 0 Å². The minimum atomic E-state index is -0.00633. The fourth-order valence-electron chi connectivity index (χ4n) is 3.97. The molecule has 0 spiro atoms. The number of hydrogen-bond donors (Lipinski definition) is 2. The van der Waals surface area contributed by atoms with Gasteiger partial charge in [0.25, 0.3) is 0 Å². The molecular formula is C21H41IN4O3. The first-order valence-electron chi connectivity index (χ1n) is 11.1. The molecule has 170 valence electrons. The first kappa shape index (κ1) is 26.4. The van der Waals surface area contributed by atoms with E-state index in [4.69, 9.17) is 9.47 Å². The molecule has 0 radical (unpaired) electrons. The SMILES string of the molecule is CCOC(CCNC(=NCC(=O)N(C)C)NCC1CCCCO1)C1CCCC1.I. The van der Waals surface area contributed by atoms with E-state index < -0.39 is 0 Å². The third kappa shape index (κ3) is 10.3. The molecule has 7 nitrogen and oxygen atoms in total. The first-order valence-corrected chi connectivity index (χ1v) is 11.1. The normalized spacial score (nSPS) is 21.3. The van der Waals surface area contributed by atoms with Crippen LogP contribution in [-0.4, -0.2) is 75.9 Å².